The van der Waals surface area contributed by atoms with E-state index in [1.807, 2.05) is 0 Å². The van der Waals surface area contributed by atoms with Gasteiger partial charge in [-0.3, -0.25) is 15.5 Å². The molecule has 1 unspecified atom stereocenters. The molecule has 0 fully saturated rings. The van der Waals surface area contributed by atoms with Crippen LogP contribution in [0.4, 0.5) is 0 Å². The maximum Gasteiger partial charge on any atom is 1.00 e. The van der Waals surface area contributed by atoms with Gasteiger partial charge in [0.1, 0.15) is 0 Å². The molecule has 0 saturated carbocycles. The van der Waals surface area contributed by atoms with E-state index in [1.54, 1.807) is 6.92 Å². The molecule has 0 heterocycles. The first-order valence-corrected chi connectivity index (χ1v) is 8.58. The molecule has 0 rings (SSSR count). The molecule has 0 radical (unpaired) electrons. The number of hydrogen-bond acceptors (Lipinski definition) is 5. The van der Waals surface area contributed by atoms with Crippen molar-refractivity contribution in [2.75, 3.05) is 13.5 Å². The second-order valence-corrected chi connectivity index (χ2v) is 6.07. The van der Waals surface area contributed by atoms with Crippen molar-refractivity contribution in [3.05, 3.63) is 0 Å². The molecule has 0 aromatic rings. The summed E-state index contributed by atoms with van der Waals surface area (Å²) in [4.78, 5) is 22.7. The third-order valence-corrected chi connectivity index (χ3v) is 3.59. The van der Waals surface area contributed by atoms with E-state index in [1.165, 1.54) is 0 Å². The van der Waals surface area contributed by atoms with Crippen LogP contribution in [0.5, 0.6) is 0 Å². The summed E-state index contributed by atoms with van der Waals surface area (Å²) in [6.45, 7) is -2.05. The number of nitrogens with zero attached hydrogens (tertiary/aromatic N) is 1. The standard InChI is InChI=1S/C17H33N3O4.Na/c1-14(21)11-9-7-5-3-4-6-8-10-12-15(22)19-17(18)20(2)13-16(23)24;/h14,21H,3-13H2,1-2H3,(H,23,24)(H2,18,19,22);/q;+1/p-1/i2D3;. The number of amides is 1. The van der Waals surface area contributed by atoms with Crippen LogP contribution < -0.4 is 40.0 Å². The molecule has 7 nitrogen and oxygen atoms in total. The van der Waals surface area contributed by atoms with Crippen molar-refractivity contribution < 1.29 is 53.5 Å². The number of aliphatic hydroxyl groups is 1. The fraction of sp³-hybridized carbons (Fsp3) is 0.824. The molecule has 0 saturated heterocycles. The van der Waals surface area contributed by atoms with Gasteiger partial charge in [-0.05, 0) is 19.8 Å². The van der Waals surface area contributed by atoms with E-state index in [0.29, 0.717) is 11.3 Å². The van der Waals surface area contributed by atoms with Crippen LogP contribution >= 0.6 is 0 Å². The zero-order chi connectivity index (χ0) is 20.9. The van der Waals surface area contributed by atoms with Gasteiger partial charge in [-0.1, -0.05) is 44.9 Å². The van der Waals surface area contributed by atoms with E-state index >= 15 is 0 Å². The van der Waals surface area contributed by atoms with E-state index in [0.717, 1.165) is 51.4 Å². The van der Waals surface area contributed by atoms with Crippen LogP contribution in [-0.2, 0) is 9.59 Å². The van der Waals surface area contributed by atoms with Crippen molar-refractivity contribution in [1.82, 2.24) is 10.2 Å². The third-order valence-electron chi connectivity index (χ3n) is 3.59. The number of aliphatic hydroxyl groups excluding tert-OH is 1. The second-order valence-electron chi connectivity index (χ2n) is 6.07. The van der Waals surface area contributed by atoms with Gasteiger partial charge < -0.3 is 19.9 Å². The van der Waals surface area contributed by atoms with Gasteiger partial charge in [-0.2, -0.15) is 0 Å². The van der Waals surface area contributed by atoms with Crippen molar-refractivity contribution in [3.63, 3.8) is 0 Å². The quantitative estimate of drug-likeness (QED) is 0.151. The van der Waals surface area contributed by atoms with Gasteiger partial charge in [0.25, 0.3) is 0 Å². The van der Waals surface area contributed by atoms with Crippen molar-refractivity contribution in [2.45, 2.75) is 77.2 Å². The molecule has 0 aliphatic carbocycles. The first kappa shape index (κ1) is 20.7. The summed E-state index contributed by atoms with van der Waals surface area (Å²) >= 11 is 0. The summed E-state index contributed by atoms with van der Waals surface area (Å²) in [7, 11) is 0. The Morgan fingerprint density at radius 1 is 1.16 bits per heavy atom. The summed E-state index contributed by atoms with van der Waals surface area (Å²) in [6.07, 6.45) is 8.70. The Morgan fingerprint density at radius 3 is 2.16 bits per heavy atom. The Kier molecular flexibility index (Phi) is 13.9. The molecule has 25 heavy (non-hydrogen) atoms. The molecule has 0 aliphatic rings. The number of carboxylic acid groups (broad SMARTS) is 1. The topological polar surface area (TPSA) is 117 Å². The largest absolute Gasteiger partial charge is 1.00 e. The zero-order valence-electron chi connectivity index (χ0n) is 18.5. The molecule has 140 valence electrons. The minimum absolute atomic E-state index is 0. The summed E-state index contributed by atoms with van der Waals surface area (Å²) in [5, 5.41) is 29.5. The number of hydrogen-bond donors (Lipinski definition) is 3. The fourth-order valence-electron chi connectivity index (χ4n) is 2.26. The summed E-state index contributed by atoms with van der Waals surface area (Å²) in [5.74, 6) is -2.91. The number of likely N-dealkylation sites (N-methyl/N-ethyl adjacent to an activating group) is 1. The molecule has 1 amide bonds. The molecular formula is C17H32N3NaO4. The third kappa shape index (κ3) is 18.0. The summed E-state index contributed by atoms with van der Waals surface area (Å²) in [6, 6.07) is 0. The predicted octanol–water partition coefficient (Wildman–Crippen LogP) is -2.00. The van der Waals surface area contributed by atoms with E-state index in [9.17, 15) is 14.7 Å². The molecular weight excluding hydrogens is 333 g/mol. The number of carboxylic acids is 1. The van der Waals surface area contributed by atoms with Crippen LogP contribution in [0.15, 0.2) is 0 Å². The molecule has 1 atom stereocenters. The van der Waals surface area contributed by atoms with Crippen molar-refractivity contribution in [3.8, 4) is 0 Å². The Morgan fingerprint density at radius 2 is 1.68 bits per heavy atom. The maximum absolute atomic E-state index is 11.8. The average molecular weight is 368 g/mol. The Bertz CT molecular complexity index is 477. The molecule has 3 N–H and O–H groups in total. The number of carbonyl (C=O) groups excluding carboxylic acids is 2. The second kappa shape index (κ2) is 16.8. The van der Waals surface area contributed by atoms with Gasteiger partial charge in [-0.25, -0.2) is 0 Å². The predicted molar refractivity (Wildman–Crippen MR) is 91.4 cm³/mol. The number of rotatable bonds is 13. The number of aliphatic carboxylic acids is 1. The summed E-state index contributed by atoms with van der Waals surface area (Å²) < 4.78 is 21.6. The Labute approximate surface area is 177 Å². The van der Waals surface area contributed by atoms with E-state index < -0.39 is 31.4 Å². The van der Waals surface area contributed by atoms with Crippen LogP contribution in [0, 0.1) is 5.41 Å². The fourth-order valence-corrected chi connectivity index (χ4v) is 2.26. The van der Waals surface area contributed by atoms with Gasteiger partial charge in [-0.15, -0.1) is 0 Å². The van der Waals surface area contributed by atoms with Crippen LogP contribution in [0.25, 0.3) is 0 Å². The van der Waals surface area contributed by atoms with E-state index in [-0.39, 0.29) is 42.1 Å². The van der Waals surface area contributed by atoms with Crippen LogP contribution in [0.3, 0.4) is 0 Å². The minimum atomic E-state index is -2.85. The number of guanidine groups is 1. The molecule has 0 bridgehead atoms. The molecule has 0 aliphatic heterocycles. The van der Waals surface area contributed by atoms with Crippen molar-refractivity contribution in [1.29, 1.82) is 5.41 Å². The first-order chi connectivity index (χ1) is 12.5. The van der Waals surface area contributed by atoms with Gasteiger partial charge in [0.15, 0.2) is 5.96 Å². The van der Waals surface area contributed by atoms with E-state index in [4.69, 9.17) is 14.6 Å². The van der Waals surface area contributed by atoms with Crippen LogP contribution in [0.1, 0.15) is 75.2 Å². The smallest absolute Gasteiger partial charge is 0.548 e. The minimum Gasteiger partial charge on any atom is -0.548 e. The number of unbranched alkanes of at least 4 members (excludes halogenated alkanes) is 7. The normalized spacial score (nSPS) is 13.6. The van der Waals surface area contributed by atoms with Crippen molar-refractivity contribution >= 4 is 17.8 Å². The van der Waals surface area contributed by atoms with Crippen LogP contribution in [-0.4, -0.2) is 47.5 Å². The van der Waals surface area contributed by atoms with E-state index in [2.05, 4.69) is 5.32 Å². The molecule has 0 spiro atoms. The Balaban J connectivity index is 0. The summed E-state index contributed by atoms with van der Waals surface area (Å²) in [5.41, 5.74) is 0. The van der Waals surface area contributed by atoms with Gasteiger partial charge in [0.2, 0.25) is 5.91 Å². The molecule has 0 aromatic heterocycles. The first-order valence-electron chi connectivity index (χ1n) is 10.1. The number of carbonyl (C=O) groups is 2. The van der Waals surface area contributed by atoms with Crippen molar-refractivity contribution in [2.24, 2.45) is 0 Å². The zero-order valence-corrected chi connectivity index (χ0v) is 17.5. The van der Waals surface area contributed by atoms with Gasteiger partial charge in [0.05, 0.1) is 18.6 Å². The molecule has 0 aromatic carbocycles. The van der Waals surface area contributed by atoms with Gasteiger partial charge >= 0.3 is 29.6 Å². The average Bonchev–Trinajstić information content (AvgIpc) is 2.52. The maximum atomic E-state index is 11.8. The number of nitrogens with one attached hydrogen (secondary N) is 2. The SMILES string of the molecule is [2H]C([2H])([2H])N(CC(=O)[O-])C(=N)NC(=O)CCCCCCCCCCC(C)O.[Na+]. The molecule has 8 heteroatoms. The van der Waals surface area contributed by atoms with Crippen LogP contribution in [0.2, 0.25) is 0 Å². The monoisotopic (exact) mass is 368 g/mol. The Hall–Kier alpha value is -0.630. The van der Waals surface area contributed by atoms with Gasteiger partial charge in [0, 0.05) is 17.5 Å².